The third-order valence-corrected chi connectivity index (χ3v) is 4.54. The molecule has 2 aliphatic rings. The van der Waals surface area contributed by atoms with Gasteiger partial charge in [0.25, 0.3) is 5.91 Å². The van der Waals surface area contributed by atoms with Crippen LogP contribution < -0.4 is 0 Å². The molecule has 0 spiro atoms. The molecular formula is C15H21F3N4O2. The molecule has 0 saturated carbocycles. The Hall–Kier alpha value is -1.61. The Labute approximate surface area is 138 Å². The van der Waals surface area contributed by atoms with E-state index in [9.17, 15) is 18.0 Å². The van der Waals surface area contributed by atoms with Crippen molar-refractivity contribution in [1.29, 1.82) is 0 Å². The van der Waals surface area contributed by atoms with Crippen molar-refractivity contribution in [2.24, 2.45) is 0 Å². The van der Waals surface area contributed by atoms with Crippen LogP contribution in [0.25, 0.3) is 0 Å². The molecule has 0 aliphatic carbocycles. The minimum atomic E-state index is -4.24. The van der Waals surface area contributed by atoms with Gasteiger partial charge in [-0.25, -0.2) is 4.98 Å². The van der Waals surface area contributed by atoms with Crippen LogP contribution in [-0.4, -0.2) is 69.8 Å². The van der Waals surface area contributed by atoms with E-state index in [0.29, 0.717) is 31.3 Å². The molecule has 134 valence electrons. The predicted octanol–water partition coefficient (Wildman–Crippen LogP) is 1.51. The largest absolute Gasteiger partial charge is 0.401 e. The molecule has 24 heavy (non-hydrogen) atoms. The van der Waals surface area contributed by atoms with E-state index in [1.807, 2.05) is 4.57 Å². The van der Waals surface area contributed by atoms with E-state index < -0.39 is 12.7 Å². The normalized spacial score (nSPS) is 25.6. The molecule has 9 heteroatoms. The summed E-state index contributed by atoms with van der Waals surface area (Å²) in [4.78, 5) is 20.0. The van der Waals surface area contributed by atoms with Crippen molar-refractivity contribution >= 4 is 5.91 Å². The smallest absolute Gasteiger partial charge is 0.372 e. The molecule has 3 rings (SSSR count). The van der Waals surface area contributed by atoms with Gasteiger partial charge >= 0.3 is 6.18 Å². The number of halogens is 3. The van der Waals surface area contributed by atoms with E-state index >= 15 is 0 Å². The van der Waals surface area contributed by atoms with Gasteiger partial charge in [0.2, 0.25) is 0 Å². The Balaban J connectivity index is 1.70. The third kappa shape index (κ3) is 3.56. The lowest BCUT2D eigenvalue weighted by molar-refractivity contribution is -0.160. The number of hydrogen-bond donors (Lipinski definition) is 0. The number of imidazole rings is 1. The zero-order valence-corrected chi connectivity index (χ0v) is 13.7. The maximum atomic E-state index is 12.7. The highest BCUT2D eigenvalue weighted by Gasteiger charge is 2.39. The zero-order chi connectivity index (χ0) is 17.5. The van der Waals surface area contributed by atoms with Crippen LogP contribution in [0.2, 0.25) is 0 Å². The lowest BCUT2D eigenvalue weighted by atomic mass is 10.1. The number of amides is 1. The summed E-state index contributed by atoms with van der Waals surface area (Å²) in [5.41, 5.74) is 0.333. The first-order chi connectivity index (χ1) is 11.2. The molecule has 0 aromatic carbocycles. The highest BCUT2D eigenvalue weighted by atomic mass is 19.4. The van der Waals surface area contributed by atoms with Crippen molar-refractivity contribution in [3.63, 3.8) is 0 Å². The van der Waals surface area contributed by atoms with E-state index in [-0.39, 0.29) is 31.1 Å². The maximum absolute atomic E-state index is 12.7. The molecular weight excluding hydrogens is 325 g/mol. The second kappa shape index (κ2) is 6.36. The van der Waals surface area contributed by atoms with Gasteiger partial charge in [0.15, 0.2) is 0 Å². The number of rotatable bonds is 2. The van der Waals surface area contributed by atoms with Crippen LogP contribution in [0, 0.1) is 0 Å². The molecule has 3 heterocycles. The second-order valence-electron chi connectivity index (χ2n) is 6.48. The van der Waals surface area contributed by atoms with Gasteiger partial charge in [-0.05, 0) is 13.8 Å². The first-order valence-electron chi connectivity index (χ1n) is 8.00. The summed E-state index contributed by atoms with van der Waals surface area (Å²) in [5.74, 6) is 0.476. The van der Waals surface area contributed by atoms with Gasteiger partial charge in [0, 0.05) is 37.9 Å². The Kier molecular flexibility index (Phi) is 4.56. The molecule has 6 nitrogen and oxygen atoms in total. The topological polar surface area (TPSA) is 50.6 Å². The highest BCUT2D eigenvalue weighted by Crippen LogP contribution is 2.24. The van der Waals surface area contributed by atoms with Crippen LogP contribution in [0.4, 0.5) is 13.2 Å². The van der Waals surface area contributed by atoms with Crippen molar-refractivity contribution in [1.82, 2.24) is 19.4 Å². The molecule has 1 saturated heterocycles. The average Bonchev–Trinajstić information content (AvgIpc) is 2.93. The van der Waals surface area contributed by atoms with Gasteiger partial charge in [-0.1, -0.05) is 0 Å². The van der Waals surface area contributed by atoms with Crippen LogP contribution >= 0.6 is 0 Å². The molecule has 1 fully saturated rings. The minimum absolute atomic E-state index is 0.234. The summed E-state index contributed by atoms with van der Waals surface area (Å²) in [5, 5.41) is 0. The third-order valence-electron chi connectivity index (χ3n) is 4.54. The van der Waals surface area contributed by atoms with Crippen LogP contribution in [0.3, 0.4) is 0 Å². The van der Waals surface area contributed by atoms with Crippen molar-refractivity contribution in [2.45, 2.75) is 45.3 Å². The van der Waals surface area contributed by atoms with Gasteiger partial charge in [-0.15, -0.1) is 0 Å². The van der Waals surface area contributed by atoms with Gasteiger partial charge in [0.1, 0.15) is 18.1 Å². The first-order valence-corrected chi connectivity index (χ1v) is 8.00. The van der Waals surface area contributed by atoms with Gasteiger partial charge in [-0.3, -0.25) is 9.69 Å². The van der Waals surface area contributed by atoms with Crippen molar-refractivity contribution < 1.29 is 22.7 Å². The Morgan fingerprint density at radius 1 is 1.33 bits per heavy atom. The number of piperazine rings is 1. The van der Waals surface area contributed by atoms with Crippen LogP contribution in [-0.2, 0) is 17.9 Å². The number of nitrogens with zero attached hydrogens (tertiary/aromatic N) is 4. The molecule has 0 bridgehead atoms. The Bertz CT molecular complexity index is 581. The van der Waals surface area contributed by atoms with E-state index in [4.69, 9.17) is 4.74 Å². The van der Waals surface area contributed by atoms with Crippen LogP contribution in [0.15, 0.2) is 6.20 Å². The Morgan fingerprint density at radius 3 is 2.58 bits per heavy atom. The van der Waals surface area contributed by atoms with Crippen molar-refractivity contribution in [2.75, 3.05) is 26.2 Å². The zero-order valence-electron chi connectivity index (χ0n) is 13.7. The van der Waals surface area contributed by atoms with Gasteiger partial charge in [-0.2, -0.15) is 13.2 Å². The fourth-order valence-electron chi connectivity index (χ4n) is 3.40. The first kappa shape index (κ1) is 17.2. The van der Waals surface area contributed by atoms with Crippen LogP contribution in [0.1, 0.15) is 30.2 Å². The summed E-state index contributed by atoms with van der Waals surface area (Å²) >= 11 is 0. The fourth-order valence-corrected chi connectivity index (χ4v) is 3.40. The number of ether oxygens (including phenoxy) is 1. The van der Waals surface area contributed by atoms with E-state index in [2.05, 4.69) is 4.98 Å². The Morgan fingerprint density at radius 2 is 2.00 bits per heavy atom. The lowest BCUT2D eigenvalue weighted by Crippen LogP contribution is -2.59. The number of aromatic nitrogens is 2. The van der Waals surface area contributed by atoms with Gasteiger partial charge < -0.3 is 14.2 Å². The standard InChI is InChI=1S/C15H21F3N4O2/c1-10-5-21(6-11(2)22(10)9-15(16,17)18)14(23)12-7-20-3-4-24-8-13(20)19-12/h7,10-11H,3-6,8-9H2,1-2H3/t10-,11+. The summed E-state index contributed by atoms with van der Waals surface area (Å²) < 4.78 is 45.3. The predicted molar refractivity (Wildman–Crippen MR) is 79.5 cm³/mol. The van der Waals surface area contributed by atoms with E-state index in [1.54, 1.807) is 24.9 Å². The fraction of sp³-hybridized carbons (Fsp3) is 0.733. The SMILES string of the molecule is C[C@@H]1CN(C(=O)c2cn3c(n2)COCC3)C[C@H](C)N1CC(F)(F)F. The number of carbonyl (C=O) groups is 1. The molecule has 1 amide bonds. The minimum Gasteiger partial charge on any atom is -0.372 e. The molecule has 1 aromatic rings. The molecule has 0 N–H and O–H groups in total. The van der Waals surface area contributed by atoms with Crippen LogP contribution in [0.5, 0.6) is 0 Å². The molecule has 0 unspecified atom stereocenters. The number of carbonyl (C=O) groups excluding carboxylic acids is 1. The number of hydrogen-bond acceptors (Lipinski definition) is 4. The van der Waals surface area contributed by atoms with Crippen molar-refractivity contribution in [3.05, 3.63) is 17.7 Å². The molecule has 0 radical (unpaired) electrons. The maximum Gasteiger partial charge on any atom is 0.401 e. The summed E-state index contributed by atoms with van der Waals surface area (Å²) in [7, 11) is 0. The summed E-state index contributed by atoms with van der Waals surface area (Å²) in [6.45, 7) is 4.62. The summed E-state index contributed by atoms with van der Waals surface area (Å²) in [6.07, 6.45) is -2.53. The van der Waals surface area contributed by atoms with E-state index in [0.717, 1.165) is 0 Å². The molecule has 1 aromatic heterocycles. The number of alkyl halides is 3. The second-order valence-corrected chi connectivity index (χ2v) is 6.48. The highest BCUT2D eigenvalue weighted by molar-refractivity contribution is 5.92. The van der Waals surface area contributed by atoms with Crippen molar-refractivity contribution in [3.8, 4) is 0 Å². The average molecular weight is 346 g/mol. The van der Waals surface area contributed by atoms with Gasteiger partial charge in [0.05, 0.1) is 13.2 Å². The molecule has 2 atom stereocenters. The summed E-state index contributed by atoms with van der Waals surface area (Å²) in [6, 6.07) is -0.722. The molecule has 2 aliphatic heterocycles. The lowest BCUT2D eigenvalue weighted by Gasteiger charge is -2.44. The number of fused-ring (bicyclic) bond motifs is 1. The van der Waals surface area contributed by atoms with E-state index in [1.165, 1.54) is 4.90 Å². The quantitative estimate of drug-likeness (QED) is 0.815. The monoisotopic (exact) mass is 346 g/mol.